The molecule has 3 heterocycles. The summed E-state index contributed by atoms with van der Waals surface area (Å²) in [5.41, 5.74) is 0.934. The zero-order valence-corrected chi connectivity index (χ0v) is 14.6. The van der Waals surface area contributed by atoms with E-state index in [1.54, 1.807) is 23.5 Å². The van der Waals surface area contributed by atoms with Crippen LogP contribution in [-0.2, 0) is 0 Å². The van der Waals surface area contributed by atoms with Crippen molar-refractivity contribution < 1.29 is 4.39 Å². The highest BCUT2D eigenvalue weighted by Crippen LogP contribution is 2.31. The van der Waals surface area contributed by atoms with Crippen molar-refractivity contribution in [3.63, 3.8) is 0 Å². The average Bonchev–Trinajstić information content (AvgIpc) is 3.13. The molecule has 4 nitrogen and oxygen atoms in total. The first-order chi connectivity index (χ1) is 11.8. The number of piperidine rings is 2. The number of halogens is 1. The van der Waals surface area contributed by atoms with E-state index in [2.05, 4.69) is 20.0 Å². The molecule has 0 saturated carbocycles. The molecule has 4 rings (SSSR count). The summed E-state index contributed by atoms with van der Waals surface area (Å²) in [5.74, 6) is -0.219. The van der Waals surface area contributed by atoms with E-state index in [1.807, 2.05) is 0 Å². The normalized spacial score (nSPS) is 20.5. The molecule has 0 bridgehead atoms. The van der Waals surface area contributed by atoms with Crippen LogP contribution in [0, 0.1) is 5.82 Å². The molecule has 0 N–H and O–H groups in total. The molecule has 2 aliphatic heterocycles. The van der Waals surface area contributed by atoms with Gasteiger partial charge in [0, 0.05) is 24.7 Å². The Labute approximate surface area is 146 Å². The quantitative estimate of drug-likeness (QED) is 0.846. The molecule has 6 heteroatoms. The maximum atomic E-state index is 13.0. The number of rotatable bonds is 3. The fourth-order valence-electron chi connectivity index (χ4n) is 3.76. The summed E-state index contributed by atoms with van der Waals surface area (Å²) < 4.78 is 13.0. The van der Waals surface area contributed by atoms with Gasteiger partial charge in [-0.05, 0) is 63.0 Å². The molecule has 2 aromatic rings. The zero-order valence-electron chi connectivity index (χ0n) is 13.8. The van der Waals surface area contributed by atoms with E-state index < -0.39 is 0 Å². The maximum Gasteiger partial charge on any atom is 0.208 e. The largest absolute Gasteiger partial charge is 0.347 e. The van der Waals surface area contributed by atoms with Gasteiger partial charge in [0.15, 0.2) is 0 Å². The van der Waals surface area contributed by atoms with E-state index in [4.69, 9.17) is 0 Å². The number of aromatic nitrogens is 2. The van der Waals surface area contributed by atoms with Gasteiger partial charge in [-0.3, -0.25) is 0 Å². The van der Waals surface area contributed by atoms with Gasteiger partial charge < -0.3 is 9.80 Å². The molecule has 128 valence electrons. The van der Waals surface area contributed by atoms with Crippen molar-refractivity contribution in [1.29, 1.82) is 0 Å². The fourth-order valence-corrected chi connectivity index (χ4v) is 4.66. The summed E-state index contributed by atoms with van der Waals surface area (Å²) in [4.78, 5) is 5.04. The van der Waals surface area contributed by atoms with Crippen LogP contribution >= 0.6 is 11.3 Å². The van der Waals surface area contributed by atoms with E-state index in [9.17, 15) is 4.39 Å². The molecule has 1 aromatic carbocycles. The molecule has 1 aromatic heterocycles. The van der Waals surface area contributed by atoms with Crippen molar-refractivity contribution in [3.05, 3.63) is 30.1 Å². The number of benzene rings is 1. The molecule has 2 aliphatic rings. The van der Waals surface area contributed by atoms with Gasteiger partial charge >= 0.3 is 0 Å². The Morgan fingerprint density at radius 2 is 1.62 bits per heavy atom. The van der Waals surface area contributed by atoms with Crippen molar-refractivity contribution in [3.8, 4) is 10.6 Å². The molecular formula is C18H23FN4S. The summed E-state index contributed by atoms with van der Waals surface area (Å²) in [7, 11) is 0. The standard InChI is InChI=1S/C18H23FN4S/c19-15-6-4-14(5-7-15)17-20-21-18(24-17)23-12-8-16(9-13-23)22-10-2-1-3-11-22/h4-7,16H,1-3,8-13H2. The number of hydrogen-bond acceptors (Lipinski definition) is 5. The number of nitrogens with zero attached hydrogens (tertiary/aromatic N) is 4. The first-order valence-electron chi connectivity index (χ1n) is 8.88. The Kier molecular flexibility index (Phi) is 4.76. The van der Waals surface area contributed by atoms with E-state index in [0.29, 0.717) is 0 Å². The topological polar surface area (TPSA) is 32.3 Å². The van der Waals surface area contributed by atoms with E-state index in [1.165, 1.54) is 57.3 Å². The van der Waals surface area contributed by atoms with Crippen LogP contribution in [0.4, 0.5) is 9.52 Å². The highest BCUT2D eigenvalue weighted by atomic mass is 32.1. The summed E-state index contributed by atoms with van der Waals surface area (Å²) in [6.45, 7) is 4.66. The summed E-state index contributed by atoms with van der Waals surface area (Å²) in [5, 5.41) is 10.5. The van der Waals surface area contributed by atoms with E-state index in [0.717, 1.165) is 34.8 Å². The Morgan fingerprint density at radius 1 is 0.917 bits per heavy atom. The molecular weight excluding hydrogens is 323 g/mol. The highest BCUT2D eigenvalue weighted by molar-refractivity contribution is 7.18. The lowest BCUT2D eigenvalue weighted by molar-refractivity contribution is 0.141. The molecule has 0 amide bonds. The summed E-state index contributed by atoms with van der Waals surface area (Å²) in [6, 6.07) is 7.22. The first kappa shape index (κ1) is 16.0. The Morgan fingerprint density at radius 3 is 2.33 bits per heavy atom. The first-order valence-corrected chi connectivity index (χ1v) is 9.70. The van der Waals surface area contributed by atoms with Gasteiger partial charge in [-0.1, -0.05) is 17.8 Å². The molecule has 2 saturated heterocycles. The highest BCUT2D eigenvalue weighted by Gasteiger charge is 2.27. The zero-order chi connectivity index (χ0) is 16.4. The average molecular weight is 346 g/mol. The SMILES string of the molecule is Fc1ccc(-c2nnc(N3CCC(N4CCCCC4)CC3)s2)cc1. The maximum absolute atomic E-state index is 13.0. The minimum atomic E-state index is -0.219. The Balaban J connectivity index is 1.38. The third-order valence-corrected chi connectivity index (χ3v) is 6.18. The number of likely N-dealkylation sites (tertiary alicyclic amines) is 1. The molecule has 24 heavy (non-hydrogen) atoms. The molecule has 0 spiro atoms. The van der Waals surface area contributed by atoms with Crippen LogP contribution in [0.15, 0.2) is 24.3 Å². The Bertz CT molecular complexity index is 658. The molecule has 2 fully saturated rings. The van der Waals surface area contributed by atoms with Crippen LogP contribution in [-0.4, -0.2) is 47.3 Å². The van der Waals surface area contributed by atoms with Crippen LogP contribution in [0.5, 0.6) is 0 Å². The molecule has 0 radical (unpaired) electrons. The monoisotopic (exact) mass is 346 g/mol. The van der Waals surface area contributed by atoms with Crippen LogP contribution in [0.25, 0.3) is 10.6 Å². The van der Waals surface area contributed by atoms with Gasteiger partial charge in [0.25, 0.3) is 0 Å². The lowest BCUT2D eigenvalue weighted by Crippen LogP contribution is -2.46. The van der Waals surface area contributed by atoms with Crippen LogP contribution in [0.3, 0.4) is 0 Å². The lowest BCUT2D eigenvalue weighted by Gasteiger charge is -2.40. The second-order valence-electron chi connectivity index (χ2n) is 6.71. The minimum absolute atomic E-state index is 0.219. The van der Waals surface area contributed by atoms with Crippen molar-refractivity contribution >= 4 is 16.5 Å². The molecule has 0 aliphatic carbocycles. The molecule has 0 unspecified atom stereocenters. The van der Waals surface area contributed by atoms with Crippen LogP contribution in [0.2, 0.25) is 0 Å². The van der Waals surface area contributed by atoms with Crippen molar-refractivity contribution in [2.45, 2.75) is 38.1 Å². The van der Waals surface area contributed by atoms with Crippen LogP contribution in [0.1, 0.15) is 32.1 Å². The van der Waals surface area contributed by atoms with Gasteiger partial charge in [0.2, 0.25) is 5.13 Å². The third-order valence-electron chi connectivity index (χ3n) is 5.15. The summed E-state index contributed by atoms with van der Waals surface area (Å²) in [6.07, 6.45) is 6.54. The van der Waals surface area contributed by atoms with Gasteiger partial charge in [-0.2, -0.15) is 0 Å². The predicted molar refractivity (Wildman–Crippen MR) is 96.0 cm³/mol. The summed E-state index contributed by atoms with van der Waals surface area (Å²) >= 11 is 1.60. The third kappa shape index (κ3) is 3.44. The fraction of sp³-hybridized carbons (Fsp3) is 0.556. The smallest absolute Gasteiger partial charge is 0.208 e. The van der Waals surface area contributed by atoms with Gasteiger partial charge in [-0.25, -0.2) is 4.39 Å². The lowest BCUT2D eigenvalue weighted by atomic mass is 10.0. The van der Waals surface area contributed by atoms with Crippen molar-refractivity contribution in [2.24, 2.45) is 0 Å². The van der Waals surface area contributed by atoms with Crippen LogP contribution < -0.4 is 4.90 Å². The predicted octanol–water partition coefficient (Wildman–Crippen LogP) is 3.80. The minimum Gasteiger partial charge on any atom is -0.347 e. The van der Waals surface area contributed by atoms with E-state index in [-0.39, 0.29) is 5.82 Å². The molecule has 0 atom stereocenters. The van der Waals surface area contributed by atoms with Crippen molar-refractivity contribution in [1.82, 2.24) is 15.1 Å². The Hall–Kier alpha value is -1.53. The number of anilines is 1. The second kappa shape index (κ2) is 7.15. The van der Waals surface area contributed by atoms with Gasteiger partial charge in [0.1, 0.15) is 10.8 Å². The second-order valence-corrected chi connectivity index (χ2v) is 7.67. The van der Waals surface area contributed by atoms with E-state index >= 15 is 0 Å². The van der Waals surface area contributed by atoms with Crippen molar-refractivity contribution in [2.75, 3.05) is 31.1 Å². The number of hydrogen-bond donors (Lipinski definition) is 0. The van der Waals surface area contributed by atoms with Gasteiger partial charge in [0.05, 0.1) is 0 Å². The van der Waals surface area contributed by atoms with Gasteiger partial charge in [-0.15, -0.1) is 10.2 Å².